The molecular weight excluding hydrogens is 258 g/mol. The summed E-state index contributed by atoms with van der Waals surface area (Å²) in [5.41, 5.74) is 8.67. The Hall–Kier alpha value is -2.01. The number of hydrogen-bond donors (Lipinski definition) is 2. The fourth-order valence-electron chi connectivity index (χ4n) is 1.71. The molecule has 19 heavy (non-hydrogen) atoms. The van der Waals surface area contributed by atoms with E-state index in [1.54, 1.807) is 30.1 Å². The van der Waals surface area contributed by atoms with Gasteiger partial charge in [0.15, 0.2) is 5.84 Å². The lowest BCUT2D eigenvalue weighted by molar-refractivity contribution is 0.318. The normalized spacial score (nSPS) is 11.6. The van der Waals surface area contributed by atoms with Gasteiger partial charge in [-0.1, -0.05) is 34.6 Å². The van der Waals surface area contributed by atoms with Gasteiger partial charge in [0.25, 0.3) is 0 Å². The Bertz CT molecular complexity index is 626. The maximum absolute atomic E-state index is 8.68. The summed E-state index contributed by atoms with van der Waals surface area (Å²) in [6.07, 6.45) is 1.65. The van der Waals surface area contributed by atoms with Gasteiger partial charge in [0.1, 0.15) is 5.03 Å². The number of pyridine rings is 1. The molecule has 0 aliphatic heterocycles. The van der Waals surface area contributed by atoms with Gasteiger partial charge in [0.05, 0.1) is 0 Å². The minimum absolute atomic E-state index is 0.0879. The third-order valence-corrected chi connectivity index (χ3v) is 3.79. The fourth-order valence-corrected chi connectivity index (χ4v) is 2.59. The molecule has 0 aliphatic carbocycles. The van der Waals surface area contributed by atoms with Crippen LogP contribution in [0, 0.1) is 13.8 Å². The van der Waals surface area contributed by atoms with Crippen molar-refractivity contribution in [2.45, 2.75) is 23.8 Å². The molecule has 1 aromatic carbocycles. The lowest BCUT2D eigenvalue weighted by Gasteiger charge is -2.07. The van der Waals surface area contributed by atoms with Gasteiger partial charge in [-0.3, -0.25) is 0 Å². The first-order valence-corrected chi connectivity index (χ1v) is 6.61. The van der Waals surface area contributed by atoms with Crippen molar-refractivity contribution in [3.8, 4) is 0 Å². The highest BCUT2D eigenvalue weighted by Crippen LogP contribution is 2.29. The lowest BCUT2D eigenvalue weighted by Crippen LogP contribution is -2.13. The molecule has 5 heteroatoms. The van der Waals surface area contributed by atoms with E-state index in [1.807, 2.05) is 0 Å². The third-order valence-electron chi connectivity index (χ3n) is 2.68. The molecule has 0 fully saturated rings. The number of aromatic nitrogens is 1. The second kappa shape index (κ2) is 5.75. The number of benzene rings is 1. The zero-order valence-corrected chi connectivity index (χ0v) is 11.6. The standard InChI is InChI=1S/C14H15N3OS/c1-9-3-4-12(10(2)7-9)19-13-8-11(5-6-16-13)14(15)17-18/h3-8,18H,1-2H3,(H2,15,17). The summed E-state index contributed by atoms with van der Waals surface area (Å²) in [5, 5.41) is 12.5. The molecule has 1 heterocycles. The summed E-state index contributed by atoms with van der Waals surface area (Å²) in [6, 6.07) is 9.80. The van der Waals surface area contributed by atoms with Crippen LogP contribution < -0.4 is 5.73 Å². The molecule has 0 saturated heterocycles. The van der Waals surface area contributed by atoms with E-state index in [0.29, 0.717) is 5.56 Å². The number of rotatable bonds is 3. The average Bonchev–Trinajstić information content (AvgIpc) is 2.41. The van der Waals surface area contributed by atoms with Crippen LogP contribution in [0.4, 0.5) is 0 Å². The van der Waals surface area contributed by atoms with Crippen LogP contribution in [0.15, 0.2) is 51.6 Å². The maximum atomic E-state index is 8.68. The minimum atomic E-state index is 0.0879. The van der Waals surface area contributed by atoms with E-state index in [2.05, 4.69) is 42.2 Å². The Morgan fingerprint density at radius 1 is 1.26 bits per heavy atom. The highest BCUT2D eigenvalue weighted by Gasteiger charge is 2.05. The number of oxime groups is 1. The summed E-state index contributed by atoms with van der Waals surface area (Å²) in [6.45, 7) is 4.14. The topological polar surface area (TPSA) is 71.5 Å². The van der Waals surface area contributed by atoms with Crippen LogP contribution in [0.2, 0.25) is 0 Å². The molecule has 0 unspecified atom stereocenters. The van der Waals surface area contributed by atoms with Crippen LogP contribution in [-0.4, -0.2) is 16.0 Å². The second-order valence-corrected chi connectivity index (χ2v) is 5.30. The predicted molar refractivity (Wildman–Crippen MR) is 76.8 cm³/mol. The van der Waals surface area contributed by atoms with Gasteiger partial charge < -0.3 is 10.9 Å². The van der Waals surface area contributed by atoms with E-state index in [1.165, 1.54) is 11.1 Å². The molecule has 4 nitrogen and oxygen atoms in total. The molecule has 3 N–H and O–H groups in total. The van der Waals surface area contributed by atoms with Crippen LogP contribution in [-0.2, 0) is 0 Å². The summed E-state index contributed by atoms with van der Waals surface area (Å²) in [4.78, 5) is 5.43. The first-order valence-electron chi connectivity index (χ1n) is 5.79. The van der Waals surface area contributed by atoms with Crippen molar-refractivity contribution in [3.05, 3.63) is 53.2 Å². The summed E-state index contributed by atoms with van der Waals surface area (Å²) in [5.74, 6) is 0.0879. The van der Waals surface area contributed by atoms with Gasteiger partial charge in [-0.15, -0.1) is 0 Å². The number of nitrogens with two attached hydrogens (primary N) is 1. The molecule has 0 saturated carbocycles. The molecule has 0 aliphatic rings. The number of amidine groups is 1. The molecule has 0 atom stereocenters. The molecule has 98 valence electrons. The van der Waals surface area contributed by atoms with Gasteiger partial charge >= 0.3 is 0 Å². The van der Waals surface area contributed by atoms with Crippen LogP contribution in [0.3, 0.4) is 0 Å². The highest BCUT2D eigenvalue weighted by atomic mass is 32.2. The zero-order chi connectivity index (χ0) is 13.8. The zero-order valence-electron chi connectivity index (χ0n) is 10.8. The predicted octanol–water partition coefficient (Wildman–Crippen LogP) is 2.94. The van der Waals surface area contributed by atoms with Crippen LogP contribution >= 0.6 is 11.8 Å². The van der Waals surface area contributed by atoms with Crippen molar-refractivity contribution in [1.29, 1.82) is 0 Å². The molecule has 2 rings (SSSR count). The minimum Gasteiger partial charge on any atom is -0.409 e. The number of hydrogen-bond acceptors (Lipinski definition) is 4. The van der Waals surface area contributed by atoms with E-state index in [-0.39, 0.29) is 5.84 Å². The quantitative estimate of drug-likeness (QED) is 0.390. The molecule has 0 amide bonds. The molecule has 0 radical (unpaired) electrons. The Morgan fingerprint density at radius 2 is 2.05 bits per heavy atom. The first-order chi connectivity index (χ1) is 9.10. The molecular formula is C14H15N3OS. The van der Waals surface area contributed by atoms with Crippen molar-refractivity contribution >= 4 is 17.6 Å². The number of aryl methyl sites for hydroxylation is 2. The molecule has 1 aromatic heterocycles. The Morgan fingerprint density at radius 3 is 2.74 bits per heavy atom. The van der Waals surface area contributed by atoms with Gasteiger partial charge in [-0.2, -0.15) is 0 Å². The van der Waals surface area contributed by atoms with Crippen LogP contribution in [0.5, 0.6) is 0 Å². The Balaban J connectivity index is 2.28. The highest BCUT2D eigenvalue weighted by molar-refractivity contribution is 7.99. The number of nitrogens with zero attached hydrogens (tertiary/aromatic N) is 2. The fraction of sp³-hybridized carbons (Fsp3) is 0.143. The maximum Gasteiger partial charge on any atom is 0.170 e. The van der Waals surface area contributed by atoms with Crippen LogP contribution in [0.1, 0.15) is 16.7 Å². The lowest BCUT2D eigenvalue weighted by atomic mass is 10.2. The van der Waals surface area contributed by atoms with E-state index in [0.717, 1.165) is 9.92 Å². The van der Waals surface area contributed by atoms with E-state index >= 15 is 0 Å². The van der Waals surface area contributed by atoms with Crippen molar-refractivity contribution in [2.75, 3.05) is 0 Å². The Labute approximate surface area is 116 Å². The van der Waals surface area contributed by atoms with E-state index in [9.17, 15) is 0 Å². The monoisotopic (exact) mass is 273 g/mol. The summed E-state index contributed by atoms with van der Waals surface area (Å²) in [7, 11) is 0. The second-order valence-electron chi connectivity index (χ2n) is 4.24. The smallest absolute Gasteiger partial charge is 0.170 e. The van der Waals surface area contributed by atoms with Crippen molar-refractivity contribution in [3.63, 3.8) is 0 Å². The largest absolute Gasteiger partial charge is 0.409 e. The molecule has 0 bridgehead atoms. The van der Waals surface area contributed by atoms with Gasteiger partial charge in [0.2, 0.25) is 0 Å². The molecule has 2 aromatic rings. The SMILES string of the molecule is Cc1ccc(Sc2cc(/C(N)=N/O)ccn2)c(C)c1. The summed E-state index contributed by atoms with van der Waals surface area (Å²) >= 11 is 1.56. The van der Waals surface area contributed by atoms with Crippen LogP contribution in [0.25, 0.3) is 0 Å². The van der Waals surface area contributed by atoms with Gasteiger partial charge in [-0.25, -0.2) is 4.98 Å². The Kier molecular flexibility index (Phi) is 4.06. The summed E-state index contributed by atoms with van der Waals surface area (Å²) < 4.78 is 0. The van der Waals surface area contributed by atoms with Crippen molar-refractivity contribution in [1.82, 2.24) is 4.98 Å². The van der Waals surface area contributed by atoms with E-state index in [4.69, 9.17) is 10.9 Å². The van der Waals surface area contributed by atoms with E-state index < -0.39 is 0 Å². The molecule has 0 spiro atoms. The van der Waals surface area contributed by atoms with Gasteiger partial charge in [0, 0.05) is 16.7 Å². The van der Waals surface area contributed by atoms with Crippen molar-refractivity contribution in [2.24, 2.45) is 10.9 Å². The average molecular weight is 273 g/mol. The van der Waals surface area contributed by atoms with Gasteiger partial charge in [-0.05, 0) is 37.6 Å². The first kappa shape index (κ1) is 13.4. The third kappa shape index (κ3) is 3.26. The van der Waals surface area contributed by atoms with Crippen molar-refractivity contribution < 1.29 is 5.21 Å².